The van der Waals surface area contributed by atoms with Gasteiger partial charge in [0.2, 0.25) is 0 Å². The molecule has 7 nitrogen and oxygen atoms in total. The molecule has 1 N–H and O–H groups in total. The maximum absolute atomic E-state index is 13.6. The SMILES string of the molecule is COC(=O)C1=C(C)NC2=C(C(=O)C[C@@H](c3ccc(OC)cc3)C2)[C@H]1c1ccc(OC)c(OC)c1. The van der Waals surface area contributed by atoms with E-state index < -0.39 is 11.9 Å². The van der Waals surface area contributed by atoms with Crippen LogP contribution in [0, 0.1) is 0 Å². The molecule has 0 saturated carbocycles. The van der Waals surface area contributed by atoms with Gasteiger partial charge in [-0.2, -0.15) is 0 Å². The molecule has 1 aliphatic heterocycles. The number of rotatable bonds is 6. The normalized spacial score (nSPS) is 19.9. The lowest BCUT2D eigenvalue weighted by Gasteiger charge is -2.36. The molecule has 0 spiro atoms. The molecule has 178 valence electrons. The van der Waals surface area contributed by atoms with Crippen molar-refractivity contribution in [3.63, 3.8) is 0 Å². The van der Waals surface area contributed by atoms with Crippen LogP contribution in [0.3, 0.4) is 0 Å². The van der Waals surface area contributed by atoms with Gasteiger partial charge in [-0.05, 0) is 54.7 Å². The lowest BCUT2D eigenvalue weighted by atomic mass is 9.71. The highest BCUT2D eigenvalue weighted by atomic mass is 16.5. The minimum absolute atomic E-state index is 0.00301. The number of dihydropyridines is 1. The third-order valence-electron chi connectivity index (χ3n) is 6.56. The first kappa shape index (κ1) is 23.4. The van der Waals surface area contributed by atoms with Gasteiger partial charge in [-0.15, -0.1) is 0 Å². The number of ketones is 1. The van der Waals surface area contributed by atoms with Crippen molar-refractivity contribution in [3.8, 4) is 17.2 Å². The van der Waals surface area contributed by atoms with Crippen LogP contribution in [0.2, 0.25) is 0 Å². The lowest BCUT2D eigenvalue weighted by molar-refractivity contribution is -0.136. The zero-order valence-electron chi connectivity index (χ0n) is 20.1. The molecule has 0 fully saturated rings. The van der Waals surface area contributed by atoms with E-state index in [1.54, 1.807) is 27.4 Å². The smallest absolute Gasteiger partial charge is 0.336 e. The Balaban J connectivity index is 1.80. The zero-order valence-corrected chi connectivity index (χ0v) is 20.1. The summed E-state index contributed by atoms with van der Waals surface area (Å²) in [6, 6.07) is 13.3. The summed E-state index contributed by atoms with van der Waals surface area (Å²) in [5, 5.41) is 3.34. The summed E-state index contributed by atoms with van der Waals surface area (Å²) in [5.41, 5.74) is 4.37. The van der Waals surface area contributed by atoms with Crippen LogP contribution in [0.5, 0.6) is 17.2 Å². The van der Waals surface area contributed by atoms with Crippen LogP contribution in [0.4, 0.5) is 0 Å². The minimum atomic E-state index is -0.562. The molecule has 34 heavy (non-hydrogen) atoms. The second kappa shape index (κ2) is 9.63. The van der Waals surface area contributed by atoms with Gasteiger partial charge in [0.15, 0.2) is 17.3 Å². The Morgan fingerprint density at radius 3 is 2.18 bits per heavy atom. The van der Waals surface area contributed by atoms with Gasteiger partial charge in [0.05, 0.1) is 34.0 Å². The molecule has 0 amide bonds. The summed E-state index contributed by atoms with van der Waals surface area (Å²) in [5.74, 6) is 0.878. The first-order valence-electron chi connectivity index (χ1n) is 11.1. The van der Waals surface area contributed by atoms with E-state index in [2.05, 4.69) is 5.32 Å². The number of hydrogen-bond donors (Lipinski definition) is 1. The molecule has 1 heterocycles. The van der Waals surface area contributed by atoms with Crippen LogP contribution >= 0.6 is 0 Å². The van der Waals surface area contributed by atoms with Crippen LogP contribution < -0.4 is 19.5 Å². The van der Waals surface area contributed by atoms with Gasteiger partial charge in [-0.1, -0.05) is 18.2 Å². The zero-order chi connectivity index (χ0) is 24.4. The monoisotopic (exact) mass is 463 g/mol. The molecule has 2 atom stereocenters. The molecule has 0 unspecified atom stereocenters. The van der Waals surface area contributed by atoms with Gasteiger partial charge in [0.25, 0.3) is 0 Å². The predicted molar refractivity (Wildman–Crippen MR) is 127 cm³/mol. The molecular formula is C27H29NO6. The number of carbonyl (C=O) groups excluding carboxylic acids is 2. The van der Waals surface area contributed by atoms with Crippen molar-refractivity contribution in [3.05, 3.63) is 76.1 Å². The number of nitrogens with one attached hydrogen (secondary N) is 1. The van der Waals surface area contributed by atoms with Crippen molar-refractivity contribution in [1.29, 1.82) is 0 Å². The second-order valence-corrected chi connectivity index (χ2v) is 8.40. The molecule has 2 aliphatic rings. The number of allylic oxidation sites excluding steroid dienone is 3. The lowest BCUT2D eigenvalue weighted by Crippen LogP contribution is -2.36. The molecule has 1 aliphatic carbocycles. The topological polar surface area (TPSA) is 83.1 Å². The van der Waals surface area contributed by atoms with Crippen molar-refractivity contribution in [2.45, 2.75) is 31.6 Å². The van der Waals surface area contributed by atoms with Crippen molar-refractivity contribution in [1.82, 2.24) is 5.32 Å². The molecule has 4 rings (SSSR count). The summed E-state index contributed by atoms with van der Waals surface area (Å²) in [6.07, 6.45) is 1.01. The van der Waals surface area contributed by atoms with E-state index in [0.717, 1.165) is 22.6 Å². The fraction of sp³-hybridized carbons (Fsp3) is 0.333. The Kier molecular flexibility index (Phi) is 6.63. The van der Waals surface area contributed by atoms with E-state index >= 15 is 0 Å². The highest BCUT2D eigenvalue weighted by molar-refractivity contribution is 6.04. The van der Waals surface area contributed by atoms with Gasteiger partial charge in [-0.3, -0.25) is 4.79 Å². The van der Waals surface area contributed by atoms with Gasteiger partial charge >= 0.3 is 5.97 Å². The molecule has 2 aromatic carbocycles. The third-order valence-corrected chi connectivity index (χ3v) is 6.56. The van der Waals surface area contributed by atoms with E-state index in [1.807, 2.05) is 43.3 Å². The quantitative estimate of drug-likeness (QED) is 0.642. The van der Waals surface area contributed by atoms with Crippen molar-refractivity contribution in [2.75, 3.05) is 28.4 Å². The van der Waals surface area contributed by atoms with Crippen LogP contribution in [0.1, 0.15) is 42.7 Å². The molecule has 0 saturated heterocycles. The first-order valence-corrected chi connectivity index (χ1v) is 11.1. The van der Waals surface area contributed by atoms with Crippen LogP contribution in [-0.2, 0) is 14.3 Å². The minimum Gasteiger partial charge on any atom is -0.497 e. The highest BCUT2D eigenvalue weighted by Crippen LogP contribution is 2.47. The van der Waals surface area contributed by atoms with E-state index in [4.69, 9.17) is 18.9 Å². The van der Waals surface area contributed by atoms with Gasteiger partial charge in [0, 0.05) is 29.3 Å². The highest BCUT2D eigenvalue weighted by Gasteiger charge is 2.41. The predicted octanol–water partition coefficient (Wildman–Crippen LogP) is 4.25. The number of ether oxygens (including phenoxy) is 4. The van der Waals surface area contributed by atoms with E-state index in [1.165, 1.54) is 7.11 Å². The standard InChI is InChI=1S/C27H29NO6/c1-15-24(27(30)34-5)25(17-8-11-22(32-3)23(14-17)33-4)26-20(28-15)12-18(13-21(26)29)16-6-9-19(31-2)10-7-16/h6-11,14,18,25,28H,12-13H2,1-5H3/t18-,25-/m0/s1. The maximum Gasteiger partial charge on any atom is 0.336 e. The van der Waals surface area contributed by atoms with Crippen molar-refractivity contribution >= 4 is 11.8 Å². The summed E-state index contributed by atoms with van der Waals surface area (Å²) >= 11 is 0. The number of carbonyl (C=O) groups is 2. The Labute approximate surface area is 199 Å². The molecule has 0 radical (unpaired) electrons. The average molecular weight is 464 g/mol. The molecule has 2 aromatic rings. The first-order chi connectivity index (χ1) is 16.4. The van der Waals surface area contributed by atoms with Gasteiger partial charge in [0.1, 0.15) is 5.75 Å². The molecule has 0 aromatic heterocycles. The number of Topliss-reactive ketones (excluding diaryl/α,β-unsaturated/α-hetero) is 1. The van der Waals surface area contributed by atoms with Gasteiger partial charge in [-0.25, -0.2) is 4.79 Å². The fourth-order valence-corrected chi connectivity index (χ4v) is 4.90. The average Bonchev–Trinajstić information content (AvgIpc) is 2.86. The second-order valence-electron chi connectivity index (χ2n) is 8.40. The van der Waals surface area contributed by atoms with Crippen LogP contribution in [0.25, 0.3) is 0 Å². The van der Waals surface area contributed by atoms with Crippen molar-refractivity contribution in [2.24, 2.45) is 0 Å². The van der Waals surface area contributed by atoms with E-state index in [-0.39, 0.29) is 11.7 Å². The van der Waals surface area contributed by atoms with Gasteiger partial charge < -0.3 is 24.3 Å². The number of esters is 1. The van der Waals surface area contributed by atoms with E-state index in [9.17, 15) is 9.59 Å². The third kappa shape index (κ3) is 4.14. The van der Waals surface area contributed by atoms with Crippen LogP contribution in [0.15, 0.2) is 65.0 Å². The van der Waals surface area contributed by atoms with Crippen LogP contribution in [-0.4, -0.2) is 40.2 Å². The summed E-state index contributed by atoms with van der Waals surface area (Å²) in [6.45, 7) is 1.84. The van der Waals surface area contributed by atoms with Crippen molar-refractivity contribution < 1.29 is 28.5 Å². The Hall–Kier alpha value is -3.74. The number of hydrogen-bond acceptors (Lipinski definition) is 7. The molecular weight excluding hydrogens is 434 g/mol. The number of benzene rings is 2. The summed E-state index contributed by atoms with van der Waals surface area (Å²) < 4.78 is 21.2. The Morgan fingerprint density at radius 1 is 0.882 bits per heavy atom. The summed E-state index contributed by atoms with van der Waals surface area (Å²) in [4.78, 5) is 26.5. The Morgan fingerprint density at radius 2 is 1.56 bits per heavy atom. The fourth-order valence-electron chi connectivity index (χ4n) is 4.90. The maximum atomic E-state index is 13.6. The van der Waals surface area contributed by atoms with E-state index in [0.29, 0.717) is 41.2 Å². The molecule has 7 heteroatoms. The Bertz CT molecular complexity index is 1180. The summed E-state index contributed by atoms with van der Waals surface area (Å²) in [7, 11) is 6.10. The number of methoxy groups -OCH3 is 4. The largest absolute Gasteiger partial charge is 0.497 e. The molecule has 0 bridgehead atoms.